The zero-order valence-electron chi connectivity index (χ0n) is 10.8. The summed E-state index contributed by atoms with van der Waals surface area (Å²) in [4.78, 5) is 21.9. The third-order valence-corrected chi connectivity index (χ3v) is 2.96. The van der Waals surface area contributed by atoms with Gasteiger partial charge in [-0.3, -0.25) is 14.9 Å². The van der Waals surface area contributed by atoms with Gasteiger partial charge in [0, 0.05) is 17.8 Å². The van der Waals surface area contributed by atoms with E-state index in [1.807, 2.05) is 30.3 Å². The second kappa shape index (κ2) is 6.67. The number of nitrogens with zero attached hydrogens (tertiary/aromatic N) is 1. The summed E-state index contributed by atoms with van der Waals surface area (Å²) in [7, 11) is 0. The zero-order chi connectivity index (χ0) is 15.2. The lowest BCUT2D eigenvalue weighted by Gasteiger charge is -2.03. The second-order valence-corrected chi connectivity index (χ2v) is 4.56. The van der Waals surface area contributed by atoms with E-state index in [0.29, 0.717) is 5.69 Å². The van der Waals surface area contributed by atoms with Crippen LogP contribution in [0.25, 0.3) is 6.08 Å². The van der Waals surface area contributed by atoms with E-state index in [0.717, 1.165) is 5.56 Å². The Hall–Kier alpha value is -2.66. The molecule has 106 valence electrons. The number of hydrogen-bond donors (Lipinski definition) is 1. The first-order valence-electron chi connectivity index (χ1n) is 6.04. The topological polar surface area (TPSA) is 72.2 Å². The molecule has 0 aliphatic rings. The first-order chi connectivity index (χ1) is 10.1. The summed E-state index contributed by atoms with van der Waals surface area (Å²) in [5.74, 6) is -0.379. The van der Waals surface area contributed by atoms with Crippen LogP contribution in [0, 0.1) is 10.1 Å². The van der Waals surface area contributed by atoms with E-state index in [-0.39, 0.29) is 16.6 Å². The van der Waals surface area contributed by atoms with E-state index in [2.05, 4.69) is 5.32 Å². The normalized spacial score (nSPS) is 10.5. The minimum Gasteiger partial charge on any atom is -0.322 e. The van der Waals surface area contributed by atoms with Crippen LogP contribution in [0.2, 0.25) is 5.02 Å². The molecule has 5 nitrogen and oxygen atoms in total. The van der Waals surface area contributed by atoms with Crippen LogP contribution in [-0.4, -0.2) is 10.8 Å². The molecule has 0 saturated heterocycles. The fourth-order valence-electron chi connectivity index (χ4n) is 1.65. The molecule has 0 aliphatic carbocycles. The Morgan fingerprint density at radius 3 is 2.57 bits per heavy atom. The summed E-state index contributed by atoms with van der Waals surface area (Å²) < 4.78 is 0. The average molecular weight is 303 g/mol. The highest BCUT2D eigenvalue weighted by Gasteiger charge is 2.13. The number of anilines is 1. The Bertz CT molecular complexity index is 699. The van der Waals surface area contributed by atoms with Gasteiger partial charge in [0.05, 0.1) is 4.92 Å². The van der Waals surface area contributed by atoms with Crippen molar-refractivity contribution in [2.75, 3.05) is 5.32 Å². The van der Waals surface area contributed by atoms with Crippen molar-refractivity contribution >= 4 is 35.0 Å². The van der Waals surface area contributed by atoms with Gasteiger partial charge < -0.3 is 5.32 Å². The Labute approximate surface area is 126 Å². The number of hydrogen-bond acceptors (Lipinski definition) is 3. The molecule has 2 aromatic carbocycles. The highest BCUT2D eigenvalue weighted by atomic mass is 35.5. The molecule has 0 aromatic heterocycles. The van der Waals surface area contributed by atoms with E-state index in [1.165, 1.54) is 24.3 Å². The lowest BCUT2D eigenvalue weighted by molar-refractivity contribution is -0.384. The summed E-state index contributed by atoms with van der Waals surface area (Å²) in [5.41, 5.74) is 0.949. The predicted molar refractivity (Wildman–Crippen MR) is 82.2 cm³/mol. The van der Waals surface area contributed by atoms with Crippen molar-refractivity contribution in [2.45, 2.75) is 0 Å². The Morgan fingerprint density at radius 2 is 1.90 bits per heavy atom. The number of benzene rings is 2. The molecule has 0 aliphatic heterocycles. The number of rotatable bonds is 4. The number of nitro groups is 1. The van der Waals surface area contributed by atoms with Gasteiger partial charge in [-0.2, -0.15) is 0 Å². The molecule has 0 spiro atoms. The van der Waals surface area contributed by atoms with Crippen LogP contribution in [0.1, 0.15) is 5.56 Å². The molecule has 0 heterocycles. The van der Waals surface area contributed by atoms with Gasteiger partial charge in [-0.15, -0.1) is 0 Å². The third-order valence-electron chi connectivity index (χ3n) is 2.64. The molecule has 6 heteroatoms. The van der Waals surface area contributed by atoms with Gasteiger partial charge in [-0.05, 0) is 23.8 Å². The number of amides is 1. The molecule has 0 fully saturated rings. The summed E-state index contributed by atoms with van der Waals surface area (Å²) in [6.45, 7) is 0. The molecule has 0 radical (unpaired) electrons. The Morgan fingerprint density at radius 1 is 1.19 bits per heavy atom. The van der Waals surface area contributed by atoms with Crippen LogP contribution in [0.4, 0.5) is 11.4 Å². The van der Waals surface area contributed by atoms with Crippen LogP contribution in [0.5, 0.6) is 0 Å². The zero-order valence-corrected chi connectivity index (χ0v) is 11.6. The van der Waals surface area contributed by atoms with Crippen LogP contribution in [0.3, 0.4) is 0 Å². The number of nitro benzene ring substituents is 1. The Kier molecular flexibility index (Phi) is 4.68. The van der Waals surface area contributed by atoms with Crippen molar-refractivity contribution in [2.24, 2.45) is 0 Å². The van der Waals surface area contributed by atoms with E-state index in [1.54, 1.807) is 6.08 Å². The van der Waals surface area contributed by atoms with Gasteiger partial charge in [0.2, 0.25) is 5.91 Å². The largest absolute Gasteiger partial charge is 0.322 e. The molecule has 2 aromatic rings. The molecule has 0 saturated carbocycles. The van der Waals surface area contributed by atoms with Crippen LogP contribution in [0.15, 0.2) is 54.6 Å². The van der Waals surface area contributed by atoms with Crippen LogP contribution in [-0.2, 0) is 4.79 Å². The highest BCUT2D eigenvalue weighted by Crippen LogP contribution is 2.27. The van der Waals surface area contributed by atoms with E-state index >= 15 is 0 Å². The van der Waals surface area contributed by atoms with Gasteiger partial charge in [0.15, 0.2) is 0 Å². The van der Waals surface area contributed by atoms with Crippen molar-refractivity contribution in [1.82, 2.24) is 0 Å². The smallest absolute Gasteiger partial charge is 0.289 e. The average Bonchev–Trinajstić information content (AvgIpc) is 2.48. The maximum absolute atomic E-state index is 11.8. The number of carbonyl (C=O) groups excluding carboxylic acids is 1. The molecule has 0 atom stereocenters. The summed E-state index contributed by atoms with van der Waals surface area (Å²) >= 11 is 5.70. The molecule has 0 unspecified atom stereocenters. The molecular formula is C15H11ClN2O3. The molecule has 0 bridgehead atoms. The Balaban J connectivity index is 2.08. The number of nitrogens with one attached hydrogen (secondary N) is 1. The molecule has 1 amide bonds. The second-order valence-electron chi connectivity index (χ2n) is 4.16. The van der Waals surface area contributed by atoms with Crippen LogP contribution < -0.4 is 5.32 Å². The third kappa shape index (κ3) is 4.15. The van der Waals surface area contributed by atoms with Crippen molar-refractivity contribution in [3.63, 3.8) is 0 Å². The van der Waals surface area contributed by atoms with Crippen molar-refractivity contribution in [1.29, 1.82) is 0 Å². The number of carbonyl (C=O) groups is 1. The van der Waals surface area contributed by atoms with Crippen molar-refractivity contribution < 1.29 is 9.72 Å². The van der Waals surface area contributed by atoms with Crippen molar-refractivity contribution in [3.05, 3.63) is 75.3 Å². The van der Waals surface area contributed by atoms with E-state index in [4.69, 9.17) is 11.6 Å². The fourth-order valence-corrected chi connectivity index (χ4v) is 1.84. The maximum Gasteiger partial charge on any atom is 0.289 e. The van der Waals surface area contributed by atoms with Gasteiger partial charge in [0.1, 0.15) is 5.02 Å². The first-order valence-corrected chi connectivity index (χ1v) is 6.42. The fraction of sp³-hybridized carbons (Fsp3) is 0. The maximum atomic E-state index is 11.8. The minimum absolute atomic E-state index is 0.0258. The van der Waals surface area contributed by atoms with E-state index in [9.17, 15) is 14.9 Å². The molecule has 2 rings (SSSR count). The van der Waals surface area contributed by atoms with E-state index < -0.39 is 4.92 Å². The monoisotopic (exact) mass is 302 g/mol. The standard InChI is InChI=1S/C15H11ClN2O3/c16-13-8-7-12(10-14(13)18(20)21)17-15(19)9-6-11-4-2-1-3-5-11/h1-10H,(H,17,19)/b9-6+. The first kappa shape index (κ1) is 14.7. The van der Waals surface area contributed by atoms with Gasteiger partial charge in [-0.25, -0.2) is 0 Å². The summed E-state index contributed by atoms with van der Waals surface area (Å²) in [6, 6.07) is 13.4. The summed E-state index contributed by atoms with van der Waals surface area (Å²) in [5, 5.41) is 13.3. The molecule has 21 heavy (non-hydrogen) atoms. The quantitative estimate of drug-likeness (QED) is 0.529. The van der Waals surface area contributed by atoms with Crippen molar-refractivity contribution in [3.8, 4) is 0 Å². The minimum atomic E-state index is -0.599. The highest BCUT2D eigenvalue weighted by molar-refractivity contribution is 6.32. The lowest BCUT2D eigenvalue weighted by Crippen LogP contribution is -2.08. The molecular weight excluding hydrogens is 292 g/mol. The summed E-state index contributed by atoms with van der Waals surface area (Å²) in [6.07, 6.45) is 3.01. The van der Waals surface area contributed by atoms with Gasteiger partial charge >= 0.3 is 0 Å². The number of halogens is 1. The lowest BCUT2D eigenvalue weighted by atomic mass is 10.2. The SMILES string of the molecule is O=C(/C=C/c1ccccc1)Nc1ccc(Cl)c([N+](=O)[O-])c1. The molecule has 1 N–H and O–H groups in total. The van der Waals surface area contributed by atoms with Gasteiger partial charge in [0.25, 0.3) is 5.69 Å². The van der Waals surface area contributed by atoms with Crippen LogP contribution >= 0.6 is 11.6 Å². The predicted octanol–water partition coefficient (Wildman–Crippen LogP) is 3.90. The van der Waals surface area contributed by atoms with Gasteiger partial charge in [-0.1, -0.05) is 41.9 Å².